The lowest BCUT2D eigenvalue weighted by Crippen LogP contribution is -2.46. The van der Waals surface area contributed by atoms with Crippen molar-refractivity contribution in [2.75, 3.05) is 6.54 Å². The molecule has 134 valence electrons. The fraction of sp³-hybridized carbons (Fsp3) is 0.333. The third-order valence-electron chi connectivity index (χ3n) is 4.92. The van der Waals surface area contributed by atoms with Crippen molar-refractivity contribution in [3.8, 4) is 0 Å². The van der Waals surface area contributed by atoms with Gasteiger partial charge in [0.25, 0.3) is 5.91 Å². The van der Waals surface area contributed by atoms with Crippen molar-refractivity contribution >= 4 is 46.2 Å². The van der Waals surface area contributed by atoms with Crippen molar-refractivity contribution in [2.24, 2.45) is 0 Å². The largest absolute Gasteiger partial charge is 0.325 e. The highest BCUT2D eigenvalue weighted by Gasteiger charge is 2.54. The minimum atomic E-state index is -1.04. The number of carbonyl (C=O) groups excluding carboxylic acids is 4. The maximum Gasteiger partial charge on any atom is 0.325 e. The van der Waals surface area contributed by atoms with Gasteiger partial charge in [-0.2, -0.15) is 0 Å². The number of thiophene rings is 2. The highest BCUT2D eigenvalue weighted by Crippen LogP contribution is 2.42. The van der Waals surface area contributed by atoms with Crippen LogP contribution >= 0.6 is 22.7 Å². The molecule has 1 atom stereocenters. The molecule has 6 nitrogen and oxygen atoms in total. The molecule has 1 aliphatic carbocycles. The number of fused-ring (bicyclic) bond motifs is 2. The molecule has 0 bridgehead atoms. The Kier molecular flexibility index (Phi) is 4.04. The molecule has 1 aliphatic heterocycles. The smallest absolute Gasteiger partial charge is 0.319 e. The highest BCUT2D eigenvalue weighted by molar-refractivity contribution is 7.12. The van der Waals surface area contributed by atoms with Crippen LogP contribution in [0.2, 0.25) is 0 Å². The van der Waals surface area contributed by atoms with Crippen molar-refractivity contribution in [1.29, 1.82) is 0 Å². The molecule has 0 unspecified atom stereocenters. The number of amides is 3. The van der Waals surface area contributed by atoms with Gasteiger partial charge in [0.05, 0.1) is 11.4 Å². The standard InChI is InChI=1S/C18H16N2O4S2/c1-10(21)11-7-15(26-9-11)13(22)8-20-16(23)18(19-17(20)24)5-2-3-14-12(18)4-6-25-14/h4,6-7,9H,2-3,5,8H2,1H3,(H,19,24)/t18-/m1/s1. The van der Waals surface area contributed by atoms with Gasteiger partial charge >= 0.3 is 6.03 Å². The maximum atomic E-state index is 13.1. The zero-order chi connectivity index (χ0) is 18.5. The molecule has 8 heteroatoms. The van der Waals surface area contributed by atoms with Gasteiger partial charge < -0.3 is 5.32 Å². The molecule has 0 radical (unpaired) electrons. The summed E-state index contributed by atoms with van der Waals surface area (Å²) >= 11 is 2.74. The summed E-state index contributed by atoms with van der Waals surface area (Å²) in [6.07, 6.45) is 2.26. The van der Waals surface area contributed by atoms with Gasteiger partial charge in [0.1, 0.15) is 5.54 Å². The second-order valence-electron chi connectivity index (χ2n) is 6.52. The van der Waals surface area contributed by atoms with Gasteiger partial charge in [0, 0.05) is 21.4 Å². The lowest BCUT2D eigenvalue weighted by atomic mass is 9.80. The van der Waals surface area contributed by atoms with Crippen LogP contribution in [-0.2, 0) is 16.8 Å². The average molecular weight is 388 g/mol. The maximum absolute atomic E-state index is 13.1. The molecule has 26 heavy (non-hydrogen) atoms. The van der Waals surface area contributed by atoms with Crippen LogP contribution in [0.15, 0.2) is 22.9 Å². The number of hydrogen-bond acceptors (Lipinski definition) is 6. The van der Waals surface area contributed by atoms with Crippen LogP contribution in [0.4, 0.5) is 4.79 Å². The third kappa shape index (κ3) is 2.52. The van der Waals surface area contributed by atoms with Crippen LogP contribution in [0.1, 0.15) is 50.2 Å². The Balaban J connectivity index is 1.59. The monoisotopic (exact) mass is 388 g/mol. The molecule has 2 aromatic heterocycles. The predicted octanol–water partition coefficient (Wildman–Crippen LogP) is 2.98. The summed E-state index contributed by atoms with van der Waals surface area (Å²) in [7, 11) is 0. The lowest BCUT2D eigenvalue weighted by molar-refractivity contribution is -0.131. The fourth-order valence-electron chi connectivity index (χ4n) is 3.57. The molecule has 1 saturated heterocycles. The topological polar surface area (TPSA) is 83.6 Å². The first-order valence-corrected chi connectivity index (χ1v) is 10.0. The number of Topliss-reactive ketones (excluding diaryl/α,β-unsaturated/α-hetero) is 2. The van der Waals surface area contributed by atoms with Crippen LogP contribution in [0.3, 0.4) is 0 Å². The Hall–Kier alpha value is -2.32. The summed E-state index contributed by atoms with van der Waals surface area (Å²) < 4.78 is 0. The van der Waals surface area contributed by atoms with Crippen molar-refractivity contribution in [2.45, 2.75) is 31.7 Å². The Bertz CT molecular complexity index is 945. The van der Waals surface area contributed by atoms with Crippen LogP contribution in [-0.4, -0.2) is 34.9 Å². The minimum Gasteiger partial charge on any atom is -0.319 e. The quantitative estimate of drug-likeness (QED) is 0.645. The number of aryl methyl sites for hydroxylation is 1. The van der Waals surface area contributed by atoms with Crippen molar-refractivity contribution < 1.29 is 19.2 Å². The third-order valence-corrected chi connectivity index (χ3v) is 6.87. The van der Waals surface area contributed by atoms with Gasteiger partial charge in [0.2, 0.25) is 0 Å². The molecule has 1 fully saturated rings. The van der Waals surface area contributed by atoms with Crippen molar-refractivity contribution in [1.82, 2.24) is 10.2 Å². The first-order valence-electron chi connectivity index (χ1n) is 8.26. The number of nitrogens with zero attached hydrogens (tertiary/aromatic N) is 1. The van der Waals surface area contributed by atoms with Crippen LogP contribution in [0, 0.1) is 0 Å². The number of ketones is 2. The van der Waals surface area contributed by atoms with E-state index in [1.54, 1.807) is 16.7 Å². The zero-order valence-corrected chi connectivity index (χ0v) is 15.7. The van der Waals surface area contributed by atoms with Gasteiger partial charge in [-0.3, -0.25) is 19.3 Å². The number of hydrogen-bond donors (Lipinski definition) is 1. The lowest BCUT2D eigenvalue weighted by Gasteiger charge is -2.31. The second-order valence-corrected chi connectivity index (χ2v) is 8.43. The Morgan fingerprint density at radius 1 is 1.31 bits per heavy atom. The Morgan fingerprint density at radius 3 is 2.85 bits per heavy atom. The van der Waals surface area contributed by atoms with Crippen LogP contribution < -0.4 is 5.32 Å². The Labute approximate surface area is 157 Å². The molecule has 0 saturated carbocycles. The van der Waals surface area contributed by atoms with E-state index in [0.717, 1.165) is 39.5 Å². The van der Waals surface area contributed by atoms with Gasteiger partial charge in [-0.15, -0.1) is 22.7 Å². The van der Waals surface area contributed by atoms with E-state index in [0.29, 0.717) is 16.9 Å². The fourth-order valence-corrected chi connectivity index (χ4v) is 5.45. The van der Waals surface area contributed by atoms with E-state index in [-0.39, 0.29) is 24.0 Å². The SMILES string of the molecule is CC(=O)c1csc(C(=O)CN2C(=O)N[C@@]3(CCCc4sccc43)C2=O)c1. The first-order chi connectivity index (χ1) is 12.4. The molecule has 0 aromatic carbocycles. The Morgan fingerprint density at radius 2 is 2.12 bits per heavy atom. The number of urea groups is 1. The summed E-state index contributed by atoms with van der Waals surface area (Å²) in [5.74, 6) is -0.829. The van der Waals surface area contributed by atoms with Crippen molar-refractivity contribution in [3.63, 3.8) is 0 Å². The average Bonchev–Trinajstić information content (AvgIpc) is 3.31. The normalized spacial score (nSPS) is 21.8. The van der Waals surface area contributed by atoms with E-state index in [4.69, 9.17) is 0 Å². The van der Waals surface area contributed by atoms with E-state index in [1.165, 1.54) is 13.0 Å². The summed E-state index contributed by atoms with van der Waals surface area (Å²) in [5.41, 5.74) is 0.282. The molecular weight excluding hydrogens is 372 g/mol. The molecule has 1 spiro atoms. The number of carbonyl (C=O) groups is 4. The van der Waals surface area contributed by atoms with Gasteiger partial charge in [-0.05, 0) is 43.7 Å². The molecule has 2 aromatic rings. The number of rotatable bonds is 4. The first kappa shape index (κ1) is 17.1. The van der Waals surface area contributed by atoms with Gasteiger partial charge in [0.15, 0.2) is 11.6 Å². The minimum absolute atomic E-state index is 0.124. The van der Waals surface area contributed by atoms with Crippen molar-refractivity contribution in [3.05, 3.63) is 43.8 Å². The molecular formula is C18H16N2O4S2. The zero-order valence-electron chi connectivity index (χ0n) is 14.0. The summed E-state index contributed by atoms with van der Waals surface area (Å²) in [6.45, 7) is 1.11. The number of imide groups is 1. The number of nitrogens with one attached hydrogen (secondary N) is 1. The van der Waals surface area contributed by atoms with E-state index < -0.39 is 11.6 Å². The van der Waals surface area contributed by atoms with E-state index in [1.807, 2.05) is 11.4 Å². The molecule has 1 N–H and O–H groups in total. The molecule has 3 amide bonds. The molecule has 3 heterocycles. The van der Waals surface area contributed by atoms with Gasteiger partial charge in [-0.25, -0.2) is 4.79 Å². The van der Waals surface area contributed by atoms with Gasteiger partial charge in [-0.1, -0.05) is 0 Å². The molecule has 2 aliphatic rings. The second kappa shape index (κ2) is 6.14. The van der Waals surface area contributed by atoms with E-state index in [9.17, 15) is 19.2 Å². The predicted molar refractivity (Wildman–Crippen MR) is 97.8 cm³/mol. The van der Waals surface area contributed by atoms with Crippen LogP contribution in [0.25, 0.3) is 0 Å². The summed E-state index contributed by atoms with van der Waals surface area (Å²) in [6, 6.07) is 2.87. The van der Waals surface area contributed by atoms with Crippen LogP contribution in [0.5, 0.6) is 0 Å². The van der Waals surface area contributed by atoms with E-state index >= 15 is 0 Å². The highest BCUT2D eigenvalue weighted by atomic mass is 32.1. The molecule has 4 rings (SSSR count). The van der Waals surface area contributed by atoms with E-state index in [2.05, 4.69) is 5.32 Å². The summed E-state index contributed by atoms with van der Waals surface area (Å²) in [4.78, 5) is 51.9. The summed E-state index contributed by atoms with van der Waals surface area (Å²) in [5, 5.41) is 6.38.